The van der Waals surface area contributed by atoms with E-state index in [-0.39, 0.29) is 6.15 Å². The van der Waals surface area contributed by atoms with Gasteiger partial charge in [-0.2, -0.15) is 9.59 Å². The summed E-state index contributed by atoms with van der Waals surface area (Å²) in [6.45, 7) is 1.22. The number of likely N-dealkylation sites (tertiary alicyclic amines) is 1. The van der Waals surface area contributed by atoms with Crippen LogP contribution in [0.25, 0.3) is 0 Å². The summed E-state index contributed by atoms with van der Waals surface area (Å²) < 4.78 is 0. The number of aromatic nitrogens is 1. The quantitative estimate of drug-likeness (QED) is 0.694. The van der Waals surface area contributed by atoms with Gasteiger partial charge in [-0.1, -0.05) is 6.07 Å². The van der Waals surface area contributed by atoms with E-state index in [1.807, 2.05) is 18.5 Å². The third-order valence-corrected chi connectivity index (χ3v) is 2.59. The van der Waals surface area contributed by atoms with E-state index in [2.05, 4.69) is 23.0 Å². The molecule has 0 bridgehead atoms. The first-order valence-corrected chi connectivity index (χ1v) is 4.89. The molecule has 0 saturated carbocycles. The molecule has 4 nitrogen and oxygen atoms in total. The van der Waals surface area contributed by atoms with Gasteiger partial charge in [-0.3, -0.25) is 9.88 Å². The average molecular weight is 206 g/mol. The minimum atomic E-state index is 0.250. The second kappa shape index (κ2) is 6.06. The standard InChI is InChI=1S/C10H14N2.CO2/c1-12-7-3-5-10(12)9-4-2-6-11-8-9;2-1-3/h2,4,6,8,10H,3,5,7H2,1H3;. The highest BCUT2D eigenvalue weighted by Crippen LogP contribution is 2.29. The number of hydrogen-bond acceptors (Lipinski definition) is 4. The smallest absolute Gasteiger partial charge is 0.299 e. The van der Waals surface area contributed by atoms with Gasteiger partial charge in [0.05, 0.1) is 0 Å². The van der Waals surface area contributed by atoms with Crippen molar-refractivity contribution >= 4 is 6.15 Å². The van der Waals surface area contributed by atoms with Crippen LogP contribution in [0.15, 0.2) is 24.5 Å². The molecule has 1 aliphatic rings. The summed E-state index contributed by atoms with van der Waals surface area (Å²) in [5.41, 5.74) is 1.36. The third-order valence-electron chi connectivity index (χ3n) is 2.59. The Balaban J connectivity index is 0.000000337. The van der Waals surface area contributed by atoms with E-state index in [1.54, 1.807) is 0 Å². The maximum absolute atomic E-state index is 8.12. The third kappa shape index (κ3) is 3.27. The van der Waals surface area contributed by atoms with Crippen LogP contribution in [0.5, 0.6) is 0 Å². The predicted molar refractivity (Wildman–Crippen MR) is 53.8 cm³/mol. The Labute approximate surface area is 88.9 Å². The van der Waals surface area contributed by atoms with Crippen LogP contribution in [0.4, 0.5) is 0 Å². The average Bonchev–Trinajstić information content (AvgIpc) is 2.67. The molecular formula is C11H14N2O2. The Hall–Kier alpha value is -1.51. The predicted octanol–water partition coefficient (Wildman–Crippen LogP) is 1.26. The second-order valence-electron chi connectivity index (χ2n) is 3.51. The fraction of sp³-hybridized carbons (Fsp3) is 0.455. The van der Waals surface area contributed by atoms with Crippen LogP contribution < -0.4 is 0 Å². The van der Waals surface area contributed by atoms with Crippen LogP contribution >= 0.6 is 0 Å². The molecule has 2 heterocycles. The molecule has 0 spiro atoms. The van der Waals surface area contributed by atoms with E-state index in [0.717, 1.165) is 0 Å². The first kappa shape index (κ1) is 11.6. The van der Waals surface area contributed by atoms with Gasteiger partial charge in [0, 0.05) is 18.4 Å². The molecule has 1 saturated heterocycles. The van der Waals surface area contributed by atoms with Crippen molar-refractivity contribution in [2.45, 2.75) is 18.9 Å². The number of rotatable bonds is 1. The van der Waals surface area contributed by atoms with Crippen molar-refractivity contribution in [3.8, 4) is 0 Å². The molecule has 0 amide bonds. The number of carbonyl (C=O) groups excluding carboxylic acids is 2. The molecule has 1 fully saturated rings. The molecule has 0 radical (unpaired) electrons. The Morgan fingerprint density at radius 2 is 2.27 bits per heavy atom. The molecule has 80 valence electrons. The van der Waals surface area contributed by atoms with Gasteiger partial charge in [0.15, 0.2) is 0 Å². The molecule has 0 N–H and O–H groups in total. The van der Waals surface area contributed by atoms with Crippen molar-refractivity contribution in [1.82, 2.24) is 9.88 Å². The summed E-state index contributed by atoms with van der Waals surface area (Å²) in [6, 6.07) is 4.79. The largest absolute Gasteiger partial charge is 0.373 e. The maximum atomic E-state index is 8.12. The highest BCUT2D eigenvalue weighted by atomic mass is 16.2. The van der Waals surface area contributed by atoms with Crippen LogP contribution in [-0.2, 0) is 9.59 Å². The number of pyridine rings is 1. The molecule has 1 aromatic rings. The number of hydrogen-bond donors (Lipinski definition) is 0. The second-order valence-corrected chi connectivity index (χ2v) is 3.51. The fourth-order valence-electron chi connectivity index (χ4n) is 1.90. The first-order valence-electron chi connectivity index (χ1n) is 4.89. The molecule has 1 aliphatic heterocycles. The fourth-order valence-corrected chi connectivity index (χ4v) is 1.90. The number of nitrogens with zero attached hydrogens (tertiary/aromatic N) is 2. The molecular weight excluding hydrogens is 192 g/mol. The Kier molecular flexibility index (Phi) is 4.68. The lowest BCUT2D eigenvalue weighted by Crippen LogP contribution is -2.17. The SMILES string of the molecule is CN1CCCC1c1cccnc1.O=C=O. The summed E-state index contributed by atoms with van der Waals surface area (Å²) in [4.78, 5) is 22.8. The first-order chi connectivity index (χ1) is 7.29. The van der Waals surface area contributed by atoms with Gasteiger partial charge < -0.3 is 0 Å². The van der Waals surface area contributed by atoms with Crippen LogP contribution in [-0.4, -0.2) is 29.6 Å². The topological polar surface area (TPSA) is 50.3 Å². The summed E-state index contributed by atoms with van der Waals surface area (Å²) in [5.74, 6) is 0. The zero-order chi connectivity index (χ0) is 11.1. The Morgan fingerprint density at radius 1 is 1.53 bits per heavy atom. The molecule has 0 aliphatic carbocycles. The highest BCUT2D eigenvalue weighted by molar-refractivity contribution is 5.20. The van der Waals surface area contributed by atoms with Crippen molar-refractivity contribution in [3.05, 3.63) is 30.1 Å². The summed E-state index contributed by atoms with van der Waals surface area (Å²) >= 11 is 0. The molecule has 0 aromatic carbocycles. The zero-order valence-electron chi connectivity index (χ0n) is 8.72. The van der Waals surface area contributed by atoms with Gasteiger partial charge in [0.1, 0.15) is 0 Å². The normalized spacial score (nSPS) is 20.2. The van der Waals surface area contributed by atoms with E-state index in [4.69, 9.17) is 9.59 Å². The van der Waals surface area contributed by atoms with E-state index >= 15 is 0 Å². The van der Waals surface area contributed by atoms with Gasteiger partial charge in [-0.15, -0.1) is 0 Å². The summed E-state index contributed by atoms with van der Waals surface area (Å²) in [5, 5.41) is 0. The molecule has 1 aromatic heterocycles. The molecule has 2 rings (SSSR count). The van der Waals surface area contributed by atoms with Crippen LogP contribution in [0.3, 0.4) is 0 Å². The molecule has 1 atom stereocenters. The van der Waals surface area contributed by atoms with Crippen molar-refractivity contribution in [2.24, 2.45) is 0 Å². The Bertz CT molecular complexity index is 321. The molecule has 4 heteroatoms. The van der Waals surface area contributed by atoms with Gasteiger partial charge in [0.2, 0.25) is 0 Å². The minimum absolute atomic E-state index is 0.250. The highest BCUT2D eigenvalue weighted by Gasteiger charge is 2.21. The van der Waals surface area contributed by atoms with Crippen molar-refractivity contribution in [2.75, 3.05) is 13.6 Å². The lowest BCUT2D eigenvalue weighted by molar-refractivity contribution is -0.191. The summed E-state index contributed by atoms with van der Waals surface area (Å²) in [7, 11) is 2.19. The van der Waals surface area contributed by atoms with Crippen molar-refractivity contribution in [3.63, 3.8) is 0 Å². The van der Waals surface area contributed by atoms with Crippen molar-refractivity contribution in [1.29, 1.82) is 0 Å². The van der Waals surface area contributed by atoms with Crippen LogP contribution in [0.2, 0.25) is 0 Å². The summed E-state index contributed by atoms with van der Waals surface area (Å²) in [6.07, 6.45) is 6.66. The minimum Gasteiger partial charge on any atom is -0.299 e. The van der Waals surface area contributed by atoms with Crippen LogP contribution in [0, 0.1) is 0 Å². The Morgan fingerprint density at radius 3 is 2.73 bits per heavy atom. The monoisotopic (exact) mass is 206 g/mol. The van der Waals surface area contributed by atoms with Gasteiger partial charge in [-0.25, -0.2) is 0 Å². The lowest BCUT2D eigenvalue weighted by atomic mass is 10.1. The van der Waals surface area contributed by atoms with Gasteiger partial charge in [0.25, 0.3) is 0 Å². The van der Waals surface area contributed by atoms with E-state index < -0.39 is 0 Å². The van der Waals surface area contributed by atoms with E-state index in [9.17, 15) is 0 Å². The van der Waals surface area contributed by atoms with Crippen LogP contribution in [0.1, 0.15) is 24.4 Å². The molecule has 15 heavy (non-hydrogen) atoms. The molecule has 1 unspecified atom stereocenters. The van der Waals surface area contributed by atoms with Gasteiger partial charge in [-0.05, 0) is 38.1 Å². The van der Waals surface area contributed by atoms with E-state index in [0.29, 0.717) is 6.04 Å². The zero-order valence-corrected chi connectivity index (χ0v) is 8.72. The van der Waals surface area contributed by atoms with Crippen molar-refractivity contribution < 1.29 is 9.59 Å². The van der Waals surface area contributed by atoms with E-state index in [1.165, 1.54) is 24.9 Å². The lowest BCUT2D eigenvalue weighted by Gasteiger charge is -2.18. The van der Waals surface area contributed by atoms with Gasteiger partial charge >= 0.3 is 6.15 Å². The maximum Gasteiger partial charge on any atom is 0.373 e.